The van der Waals surface area contributed by atoms with Crippen LogP contribution in [0.3, 0.4) is 0 Å². The number of benzene rings is 1. The van der Waals surface area contributed by atoms with E-state index in [2.05, 4.69) is 5.32 Å². The summed E-state index contributed by atoms with van der Waals surface area (Å²) in [5.41, 5.74) is 0.228. The molecule has 1 aromatic heterocycles. The number of anilines is 1. The van der Waals surface area contributed by atoms with Gasteiger partial charge in [0.15, 0.2) is 0 Å². The SMILES string of the molecule is Cn1cc(C(=O)C(=O)O)cc1C(=O)Nc1ccc(F)c(Cl)c1. The van der Waals surface area contributed by atoms with Gasteiger partial charge in [0.2, 0.25) is 0 Å². The minimum Gasteiger partial charge on any atom is -0.475 e. The summed E-state index contributed by atoms with van der Waals surface area (Å²) >= 11 is 5.61. The number of aromatic nitrogens is 1. The van der Waals surface area contributed by atoms with Crippen LogP contribution in [-0.4, -0.2) is 27.3 Å². The minimum absolute atomic E-state index is 0.0741. The largest absolute Gasteiger partial charge is 0.475 e. The molecular weight excluding hydrogens is 315 g/mol. The van der Waals surface area contributed by atoms with Crippen molar-refractivity contribution in [2.24, 2.45) is 7.05 Å². The van der Waals surface area contributed by atoms with E-state index in [-0.39, 0.29) is 22.0 Å². The second kappa shape index (κ2) is 5.98. The number of carbonyl (C=O) groups excluding carboxylic acids is 2. The van der Waals surface area contributed by atoms with Gasteiger partial charge < -0.3 is 15.0 Å². The normalized spacial score (nSPS) is 10.3. The summed E-state index contributed by atoms with van der Waals surface area (Å²) < 4.78 is 14.4. The van der Waals surface area contributed by atoms with Gasteiger partial charge in [-0.15, -0.1) is 0 Å². The molecule has 1 heterocycles. The highest BCUT2D eigenvalue weighted by molar-refractivity contribution is 6.40. The van der Waals surface area contributed by atoms with Crippen LogP contribution < -0.4 is 5.32 Å². The van der Waals surface area contributed by atoms with E-state index in [0.29, 0.717) is 0 Å². The van der Waals surface area contributed by atoms with Crippen LogP contribution in [0.15, 0.2) is 30.5 Å². The van der Waals surface area contributed by atoms with Gasteiger partial charge in [-0.05, 0) is 24.3 Å². The molecule has 0 aliphatic heterocycles. The Kier molecular flexibility index (Phi) is 4.27. The minimum atomic E-state index is -1.61. The van der Waals surface area contributed by atoms with E-state index >= 15 is 0 Å². The molecule has 22 heavy (non-hydrogen) atoms. The summed E-state index contributed by atoms with van der Waals surface area (Å²) in [6.45, 7) is 0. The number of Topliss-reactive ketones (excluding diaryl/α,β-unsaturated/α-hetero) is 1. The van der Waals surface area contributed by atoms with E-state index in [9.17, 15) is 18.8 Å². The third-order valence-electron chi connectivity index (χ3n) is 2.87. The lowest BCUT2D eigenvalue weighted by Crippen LogP contribution is -2.15. The van der Waals surface area contributed by atoms with E-state index in [1.165, 1.54) is 29.9 Å². The smallest absolute Gasteiger partial charge is 0.377 e. The molecule has 0 atom stereocenters. The number of aryl methyl sites for hydroxylation is 1. The number of nitrogens with zero attached hydrogens (tertiary/aromatic N) is 1. The molecule has 0 saturated heterocycles. The molecule has 114 valence electrons. The van der Waals surface area contributed by atoms with Gasteiger partial charge in [0, 0.05) is 24.5 Å². The number of halogens is 2. The summed E-state index contributed by atoms with van der Waals surface area (Å²) in [5.74, 6) is -3.93. The first kappa shape index (κ1) is 15.7. The van der Waals surface area contributed by atoms with Gasteiger partial charge >= 0.3 is 5.97 Å². The second-order valence-electron chi connectivity index (χ2n) is 4.44. The van der Waals surface area contributed by atoms with Crippen molar-refractivity contribution in [2.75, 3.05) is 5.32 Å². The number of amides is 1. The van der Waals surface area contributed by atoms with E-state index < -0.39 is 23.5 Å². The number of carboxylic acid groups (broad SMARTS) is 1. The number of carboxylic acids is 1. The Labute approximate surface area is 129 Å². The van der Waals surface area contributed by atoms with Gasteiger partial charge in [-0.2, -0.15) is 0 Å². The molecule has 2 rings (SSSR count). The zero-order valence-electron chi connectivity index (χ0n) is 11.3. The predicted octanol–water partition coefficient (Wildman–Crippen LogP) is 2.34. The third-order valence-corrected chi connectivity index (χ3v) is 3.16. The van der Waals surface area contributed by atoms with Crippen LogP contribution in [0.25, 0.3) is 0 Å². The van der Waals surface area contributed by atoms with Gasteiger partial charge in [-0.3, -0.25) is 9.59 Å². The number of hydrogen-bond acceptors (Lipinski definition) is 3. The highest BCUT2D eigenvalue weighted by atomic mass is 35.5. The number of carbonyl (C=O) groups is 3. The molecule has 6 nitrogen and oxygen atoms in total. The Morgan fingerprint density at radius 1 is 1.27 bits per heavy atom. The first-order valence-corrected chi connectivity index (χ1v) is 6.37. The molecule has 0 aliphatic carbocycles. The third kappa shape index (κ3) is 3.15. The van der Waals surface area contributed by atoms with Crippen molar-refractivity contribution in [3.8, 4) is 0 Å². The molecule has 0 saturated carbocycles. The van der Waals surface area contributed by atoms with Gasteiger partial charge in [0.1, 0.15) is 11.5 Å². The summed E-state index contributed by atoms with van der Waals surface area (Å²) in [6.07, 6.45) is 1.24. The maximum atomic E-state index is 13.0. The number of nitrogens with one attached hydrogen (secondary N) is 1. The average Bonchev–Trinajstić information content (AvgIpc) is 2.84. The van der Waals surface area contributed by atoms with Crippen LogP contribution in [0.5, 0.6) is 0 Å². The van der Waals surface area contributed by atoms with Crippen molar-refractivity contribution in [2.45, 2.75) is 0 Å². The molecule has 1 amide bonds. The first-order valence-electron chi connectivity index (χ1n) is 6.00. The Hall–Kier alpha value is -2.67. The average molecular weight is 325 g/mol. The Morgan fingerprint density at radius 2 is 1.95 bits per heavy atom. The Bertz CT molecular complexity index is 785. The van der Waals surface area contributed by atoms with Gasteiger partial charge in [0.25, 0.3) is 11.7 Å². The molecule has 0 aliphatic rings. The molecule has 0 bridgehead atoms. The van der Waals surface area contributed by atoms with Crippen molar-refractivity contribution < 1.29 is 23.9 Å². The fourth-order valence-electron chi connectivity index (χ4n) is 1.81. The Morgan fingerprint density at radius 3 is 2.55 bits per heavy atom. The van der Waals surface area contributed by atoms with Gasteiger partial charge in [-0.25, -0.2) is 9.18 Å². The molecule has 0 unspecified atom stereocenters. The topological polar surface area (TPSA) is 88.4 Å². The van der Waals surface area contributed by atoms with Crippen LogP contribution in [0.1, 0.15) is 20.8 Å². The van der Waals surface area contributed by atoms with Crippen LogP contribution in [-0.2, 0) is 11.8 Å². The van der Waals surface area contributed by atoms with Crippen molar-refractivity contribution in [1.29, 1.82) is 0 Å². The lowest BCUT2D eigenvalue weighted by Gasteiger charge is -2.06. The molecule has 1 aromatic carbocycles. The zero-order chi connectivity index (χ0) is 16.4. The number of ketones is 1. The van der Waals surface area contributed by atoms with Gasteiger partial charge in [-0.1, -0.05) is 11.6 Å². The van der Waals surface area contributed by atoms with E-state index in [4.69, 9.17) is 16.7 Å². The van der Waals surface area contributed by atoms with Gasteiger partial charge in [0.05, 0.1) is 5.02 Å². The maximum Gasteiger partial charge on any atom is 0.377 e. The van der Waals surface area contributed by atoms with Crippen molar-refractivity contribution >= 4 is 34.9 Å². The van der Waals surface area contributed by atoms with E-state index in [1.807, 2.05) is 0 Å². The maximum absolute atomic E-state index is 13.0. The molecule has 0 radical (unpaired) electrons. The summed E-state index contributed by atoms with van der Waals surface area (Å²) in [7, 11) is 1.49. The molecular formula is C14H10ClFN2O4. The van der Waals surface area contributed by atoms with E-state index in [0.717, 1.165) is 12.1 Å². The standard InChI is InChI=1S/C14H10ClFN2O4/c1-18-6-7(12(19)14(21)22)4-11(18)13(20)17-8-2-3-10(16)9(15)5-8/h2-6H,1H3,(H,17,20)(H,21,22). The lowest BCUT2D eigenvalue weighted by molar-refractivity contribution is -0.131. The lowest BCUT2D eigenvalue weighted by atomic mass is 10.2. The number of hydrogen-bond donors (Lipinski definition) is 2. The van der Waals surface area contributed by atoms with Crippen LogP contribution in [0.2, 0.25) is 5.02 Å². The number of rotatable bonds is 4. The van der Waals surface area contributed by atoms with Crippen molar-refractivity contribution in [1.82, 2.24) is 4.57 Å². The van der Waals surface area contributed by atoms with Crippen LogP contribution in [0, 0.1) is 5.82 Å². The summed E-state index contributed by atoms with van der Waals surface area (Å²) in [5, 5.41) is 11.0. The monoisotopic (exact) mass is 324 g/mol. The van der Waals surface area contributed by atoms with Crippen LogP contribution >= 0.6 is 11.6 Å². The first-order chi connectivity index (χ1) is 10.3. The molecule has 8 heteroatoms. The summed E-state index contributed by atoms with van der Waals surface area (Å²) in [4.78, 5) is 34.1. The predicted molar refractivity (Wildman–Crippen MR) is 76.7 cm³/mol. The summed E-state index contributed by atoms with van der Waals surface area (Å²) in [6, 6.07) is 4.83. The second-order valence-corrected chi connectivity index (χ2v) is 4.85. The van der Waals surface area contributed by atoms with E-state index in [1.54, 1.807) is 0 Å². The highest BCUT2D eigenvalue weighted by Gasteiger charge is 2.20. The molecule has 0 fully saturated rings. The zero-order valence-corrected chi connectivity index (χ0v) is 12.0. The number of aliphatic carboxylic acids is 1. The van der Waals surface area contributed by atoms with Crippen molar-refractivity contribution in [3.63, 3.8) is 0 Å². The fraction of sp³-hybridized carbons (Fsp3) is 0.0714. The molecule has 0 spiro atoms. The molecule has 2 aromatic rings. The fourth-order valence-corrected chi connectivity index (χ4v) is 1.99. The Balaban J connectivity index is 2.24. The van der Waals surface area contributed by atoms with Crippen LogP contribution in [0.4, 0.5) is 10.1 Å². The van der Waals surface area contributed by atoms with Crippen molar-refractivity contribution in [3.05, 3.63) is 52.6 Å². The quantitative estimate of drug-likeness (QED) is 0.667. The molecule has 2 N–H and O–H groups in total. The highest BCUT2D eigenvalue weighted by Crippen LogP contribution is 2.20.